The lowest BCUT2D eigenvalue weighted by molar-refractivity contribution is -0.121. The predicted molar refractivity (Wildman–Crippen MR) is 99.9 cm³/mol. The molecule has 0 bridgehead atoms. The summed E-state index contributed by atoms with van der Waals surface area (Å²) in [4.78, 5) is 18.8. The molecule has 2 aromatic heterocycles. The number of aryl methyl sites for hydroxylation is 2. The van der Waals surface area contributed by atoms with E-state index >= 15 is 0 Å². The Bertz CT molecular complexity index is 758. The van der Waals surface area contributed by atoms with Crippen LogP contribution in [0.5, 0.6) is 0 Å². The summed E-state index contributed by atoms with van der Waals surface area (Å²) < 4.78 is 0. The molecule has 1 aliphatic heterocycles. The highest BCUT2D eigenvalue weighted by Gasteiger charge is 2.21. The van der Waals surface area contributed by atoms with Gasteiger partial charge in [-0.25, -0.2) is 4.98 Å². The van der Waals surface area contributed by atoms with Gasteiger partial charge in [0.15, 0.2) is 0 Å². The van der Waals surface area contributed by atoms with Crippen molar-refractivity contribution in [1.29, 1.82) is 0 Å². The molecule has 0 unspecified atom stereocenters. The fraction of sp³-hybridized carbons (Fsp3) is 0.526. The third kappa shape index (κ3) is 4.40. The van der Waals surface area contributed by atoms with Crippen molar-refractivity contribution in [2.75, 3.05) is 18.0 Å². The third-order valence-electron chi connectivity index (χ3n) is 4.98. The minimum atomic E-state index is -0.311. The normalized spacial score (nSPS) is 17.3. The van der Waals surface area contributed by atoms with Crippen molar-refractivity contribution < 1.29 is 9.90 Å². The Balaban J connectivity index is 1.56. The first kappa shape index (κ1) is 18.4. The van der Waals surface area contributed by atoms with Gasteiger partial charge >= 0.3 is 0 Å². The zero-order valence-corrected chi connectivity index (χ0v) is 15.5. The minimum Gasteiger partial charge on any atom is -0.391 e. The molecule has 3 N–H and O–H groups in total. The van der Waals surface area contributed by atoms with Crippen LogP contribution in [0.2, 0.25) is 0 Å². The Hall–Kier alpha value is -2.41. The maximum absolute atomic E-state index is 12.2. The molecular weight excluding hydrogens is 330 g/mol. The molecule has 1 fully saturated rings. The Kier molecular flexibility index (Phi) is 5.88. The summed E-state index contributed by atoms with van der Waals surface area (Å²) in [6, 6.07) is 3.85. The maximum Gasteiger partial charge on any atom is 0.220 e. The van der Waals surface area contributed by atoms with Crippen LogP contribution < -0.4 is 10.2 Å². The van der Waals surface area contributed by atoms with Crippen LogP contribution in [0.25, 0.3) is 0 Å². The van der Waals surface area contributed by atoms with E-state index in [0.717, 1.165) is 47.7 Å². The number of aliphatic hydroxyl groups is 1. The summed E-state index contributed by atoms with van der Waals surface area (Å²) in [7, 11) is 0. The van der Waals surface area contributed by atoms with Crippen molar-refractivity contribution in [3.63, 3.8) is 0 Å². The van der Waals surface area contributed by atoms with Gasteiger partial charge in [0.05, 0.1) is 11.8 Å². The molecule has 3 rings (SSSR count). The first-order valence-electron chi connectivity index (χ1n) is 9.18. The molecule has 7 nitrogen and oxygen atoms in total. The van der Waals surface area contributed by atoms with Gasteiger partial charge in [0, 0.05) is 49.9 Å². The summed E-state index contributed by atoms with van der Waals surface area (Å²) in [5, 5.41) is 20.1. The fourth-order valence-corrected chi connectivity index (χ4v) is 3.29. The summed E-state index contributed by atoms with van der Waals surface area (Å²) in [6.45, 7) is 5.91. The second kappa shape index (κ2) is 8.31. The summed E-state index contributed by atoms with van der Waals surface area (Å²) in [6.07, 6.45) is 4.26. The lowest BCUT2D eigenvalue weighted by atomic mass is 10.1. The zero-order chi connectivity index (χ0) is 18.5. The molecule has 0 saturated carbocycles. The number of H-pyrrole nitrogens is 1. The van der Waals surface area contributed by atoms with E-state index in [9.17, 15) is 9.90 Å². The van der Waals surface area contributed by atoms with Crippen molar-refractivity contribution in [3.8, 4) is 0 Å². The fourth-order valence-electron chi connectivity index (χ4n) is 3.29. The number of β-amino-alcohol motifs (C(OH)–C–C–N with tert-alkyl or cyclic N) is 1. The predicted octanol–water partition coefficient (Wildman–Crippen LogP) is 1.63. The average Bonchev–Trinajstić information content (AvgIpc) is 2.97. The minimum absolute atomic E-state index is 0.00136. The number of aromatic nitrogens is 3. The zero-order valence-electron chi connectivity index (χ0n) is 15.5. The number of nitrogens with zero attached hydrogens (tertiary/aromatic N) is 3. The summed E-state index contributed by atoms with van der Waals surface area (Å²) in [5.74, 6) is 0.851. The van der Waals surface area contributed by atoms with Gasteiger partial charge < -0.3 is 15.3 Å². The van der Waals surface area contributed by atoms with E-state index in [-0.39, 0.29) is 12.0 Å². The van der Waals surface area contributed by atoms with Gasteiger partial charge in [-0.15, -0.1) is 0 Å². The monoisotopic (exact) mass is 357 g/mol. The molecule has 26 heavy (non-hydrogen) atoms. The third-order valence-corrected chi connectivity index (χ3v) is 4.98. The van der Waals surface area contributed by atoms with Crippen LogP contribution in [0, 0.1) is 13.8 Å². The van der Waals surface area contributed by atoms with E-state index in [1.807, 2.05) is 26.0 Å². The van der Waals surface area contributed by atoms with Gasteiger partial charge in [-0.2, -0.15) is 5.10 Å². The lowest BCUT2D eigenvalue weighted by Gasteiger charge is -2.32. The van der Waals surface area contributed by atoms with Gasteiger partial charge in [0.25, 0.3) is 0 Å². The number of piperidine rings is 1. The maximum atomic E-state index is 12.2. The number of rotatable bonds is 6. The number of pyridine rings is 1. The van der Waals surface area contributed by atoms with Gasteiger partial charge in [0.2, 0.25) is 5.91 Å². The Labute approximate surface area is 153 Å². The van der Waals surface area contributed by atoms with E-state index in [2.05, 4.69) is 25.4 Å². The first-order valence-corrected chi connectivity index (χ1v) is 9.18. The van der Waals surface area contributed by atoms with E-state index in [1.165, 1.54) is 0 Å². The Morgan fingerprint density at radius 2 is 2.31 bits per heavy atom. The number of anilines is 1. The second-order valence-electron chi connectivity index (χ2n) is 6.93. The highest BCUT2D eigenvalue weighted by Crippen LogP contribution is 2.21. The smallest absolute Gasteiger partial charge is 0.220 e. The van der Waals surface area contributed by atoms with Gasteiger partial charge in [-0.05, 0) is 38.3 Å². The number of carbonyl (C=O) groups is 1. The van der Waals surface area contributed by atoms with Crippen LogP contribution in [0.15, 0.2) is 18.3 Å². The molecule has 140 valence electrons. The number of carbonyl (C=O) groups excluding carboxylic acids is 1. The topological polar surface area (TPSA) is 94.1 Å². The van der Waals surface area contributed by atoms with Crippen molar-refractivity contribution in [2.24, 2.45) is 0 Å². The van der Waals surface area contributed by atoms with Crippen LogP contribution in [0.4, 0.5) is 5.82 Å². The summed E-state index contributed by atoms with van der Waals surface area (Å²) >= 11 is 0. The van der Waals surface area contributed by atoms with Gasteiger partial charge in [-0.1, -0.05) is 6.07 Å². The van der Waals surface area contributed by atoms with Crippen molar-refractivity contribution >= 4 is 11.7 Å². The van der Waals surface area contributed by atoms with Crippen LogP contribution >= 0.6 is 0 Å². The highest BCUT2D eigenvalue weighted by molar-refractivity contribution is 5.76. The van der Waals surface area contributed by atoms with E-state index in [1.54, 1.807) is 6.20 Å². The molecular formula is C19H27N5O2. The average molecular weight is 357 g/mol. The van der Waals surface area contributed by atoms with Crippen LogP contribution in [0.1, 0.15) is 41.8 Å². The van der Waals surface area contributed by atoms with E-state index in [4.69, 9.17) is 0 Å². The Morgan fingerprint density at radius 3 is 3.04 bits per heavy atom. The number of amides is 1. The SMILES string of the molecule is Cc1[nH]nc(CCC(=O)NCc2cccnc2N2CCC[C@@H](O)C2)c1C. The standard InChI is InChI=1S/C19H27N5O2/c1-13-14(2)22-23-17(13)7-8-18(26)21-11-15-5-3-9-20-19(15)24-10-4-6-16(25)12-24/h3,5,9,16,25H,4,6-8,10-12H2,1-2H3,(H,21,26)(H,22,23)/t16-/m1/s1. The quantitative estimate of drug-likeness (QED) is 0.730. The van der Waals surface area contributed by atoms with Crippen molar-refractivity contribution in [1.82, 2.24) is 20.5 Å². The molecule has 1 saturated heterocycles. The van der Waals surface area contributed by atoms with Crippen molar-refractivity contribution in [2.45, 2.75) is 52.2 Å². The highest BCUT2D eigenvalue weighted by atomic mass is 16.3. The molecule has 0 spiro atoms. The number of hydrogen-bond donors (Lipinski definition) is 3. The van der Waals surface area contributed by atoms with Crippen LogP contribution in [0.3, 0.4) is 0 Å². The van der Waals surface area contributed by atoms with Gasteiger partial charge in [0.1, 0.15) is 5.82 Å². The molecule has 2 aromatic rings. The Morgan fingerprint density at radius 1 is 1.46 bits per heavy atom. The van der Waals surface area contributed by atoms with E-state index < -0.39 is 0 Å². The summed E-state index contributed by atoms with van der Waals surface area (Å²) in [5.41, 5.74) is 4.09. The molecule has 7 heteroatoms. The number of nitrogens with one attached hydrogen (secondary N) is 2. The largest absolute Gasteiger partial charge is 0.391 e. The molecule has 1 atom stereocenters. The second-order valence-corrected chi connectivity index (χ2v) is 6.93. The van der Waals surface area contributed by atoms with Crippen LogP contribution in [-0.2, 0) is 17.8 Å². The van der Waals surface area contributed by atoms with Crippen molar-refractivity contribution in [3.05, 3.63) is 40.8 Å². The molecule has 1 aliphatic rings. The molecule has 0 aliphatic carbocycles. The molecule has 0 radical (unpaired) electrons. The van der Waals surface area contributed by atoms with Crippen LogP contribution in [-0.4, -0.2) is 45.4 Å². The van der Waals surface area contributed by atoms with E-state index in [0.29, 0.717) is 25.9 Å². The first-order chi connectivity index (χ1) is 12.5. The van der Waals surface area contributed by atoms with Gasteiger partial charge in [-0.3, -0.25) is 9.89 Å². The molecule has 1 amide bonds. The number of aliphatic hydroxyl groups excluding tert-OH is 1. The number of hydrogen-bond acceptors (Lipinski definition) is 5. The number of aromatic amines is 1. The molecule has 0 aromatic carbocycles. The molecule has 3 heterocycles. The lowest BCUT2D eigenvalue weighted by Crippen LogP contribution is -2.39.